The van der Waals surface area contributed by atoms with Gasteiger partial charge in [0, 0.05) is 12.3 Å². The Balaban J connectivity index is 1.53. The van der Waals surface area contributed by atoms with Crippen LogP contribution in [-0.4, -0.2) is 23.3 Å². The van der Waals surface area contributed by atoms with Crippen LogP contribution in [0.4, 0.5) is 0 Å². The zero-order valence-electron chi connectivity index (χ0n) is 13.0. The lowest BCUT2D eigenvalue weighted by Gasteiger charge is -2.14. The molecule has 0 aromatic carbocycles. The van der Waals surface area contributed by atoms with Gasteiger partial charge in [-0.25, -0.2) is 0 Å². The molecule has 1 heterocycles. The number of unbranched alkanes of at least 4 members (excludes halogenated alkanes) is 5. The number of rotatable bonds is 10. The van der Waals surface area contributed by atoms with Gasteiger partial charge in [-0.05, 0) is 38.5 Å². The molecule has 1 aliphatic heterocycles. The van der Waals surface area contributed by atoms with Gasteiger partial charge in [0.05, 0.1) is 12.2 Å². The molecule has 1 N–H and O–H groups in total. The lowest BCUT2D eigenvalue weighted by molar-refractivity contribution is -0.137. The minimum atomic E-state index is -0.675. The number of hydrogen-bond donors (Lipinski definition) is 1. The van der Waals surface area contributed by atoms with Gasteiger partial charge in [0.15, 0.2) is 0 Å². The molecule has 0 aromatic rings. The zero-order valence-corrected chi connectivity index (χ0v) is 13.0. The van der Waals surface area contributed by atoms with Crippen LogP contribution in [0.3, 0.4) is 0 Å². The van der Waals surface area contributed by atoms with E-state index in [1.165, 1.54) is 19.3 Å². The fourth-order valence-electron chi connectivity index (χ4n) is 3.38. The molecule has 21 heavy (non-hydrogen) atoms. The lowest BCUT2D eigenvalue weighted by atomic mass is 9.93. The molecular weight excluding hydrogens is 264 g/mol. The fourth-order valence-corrected chi connectivity index (χ4v) is 3.38. The summed E-state index contributed by atoms with van der Waals surface area (Å²) >= 11 is 0. The van der Waals surface area contributed by atoms with Crippen molar-refractivity contribution in [1.82, 2.24) is 0 Å². The number of epoxide rings is 1. The maximum absolute atomic E-state index is 10.4. The second-order valence-corrected chi connectivity index (χ2v) is 6.27. The van der Waals surface area contributed by atoms with Gasteiger partial charge >= 0.3 is 5.97 Å². The van der Waals surface area contributed by atoms with E-state index in [-0.39, 0.29) is 0 Å². The Morgan fingerprint density at radius 2 is 1.95 bits per heavy atom. The summed E-state index contributed by atoms with van der Waals surface area (Å²) in [5.74, 6) is 0.582. The first kappa shape index (κ1) is 16.3. The second kappa shape index (κ2) is 8.38. The van der Waals surface area contributed by atoms with Crippen molar-refractivity contribution in [2.45, 2.75) is 70.5 Å². The van der Waals surface area contributed by atoms with Crippen molar-refractivity contribution in [1.29, 1.82) is 0 Å². The van der Waals surface area contributed by atoms with E-state index >= 15 is 0 Å². The molecular formula is C18H28O3. The average molecular weight is 292 g/mol. The van der Waals surface area contributed by atoms with Crippen LogP contribution in [0, 0.1) is 11.8 Å². The van der Waals surface area contributed by atoms with Crippen LogP contribution < -0.4 is 0 Å². The minimum absolute atomic E-state index is 0.316. The molecule has 1 aliphatic carbocycles. The third-order valence-corrected chi connectivity index (χ3v) is 4.56. The van der Waals surface area contributed by atoms with Gasteiger partial charge in [-0.15, -0.1) is 0 Å². The number of carboxylic acid groups (broad SMARTS) is 1. The van der Waals surface area contributed by atoms with Crippen molar-refractivity contribution >= 4 is 5.97 Å². The number of fused-ring (bicyclic) bond motifs is 1. The molecule has 0 unspecified atom stereocenters. The van der Waals surface area contributed by atoms with Gasteiger partial charge in [-0.3, -0.25) is 4.79 Å². The quantitative estimate of drug-likeness (QED) is 0.370. The fraction of sp³-hybridized carbons (Fsp3) is 0.722. The van der Waals surface area contributed by atoms with Crippen molar-refractivity contribution in [3.63, 3.8) is 0 Å². The highest BCUT2D eigenvalue weighted by Crippen LogP contribution is 2.48. The predicted octanol–water partition coefficient (Wildman–Crippen LogP) is 4.34. The predicted molar refractivity (Wildman–Crippen MR) is 84.2 cm³/mol. The number of allylic oxidation sites excluding steroid dienone is 3. The third-order valence-electron chi connectivity index (χ3n) is 4.56. The first-order valence-electron chi connectivity index (χ1n) is 8.39. The largest absolute Gasteiger partial charge is 0.481 e. The summed E-state index contributed by atoms with van der Waals surface area (Å²) in [6.45, 7) is 2.09. The summed E-state index contributed by atoms with van der Waals surface area (Å²) in [5, 5.41) is 8.55. The van der Waals surface area contributed by atoms with Crippen molar-refractivity contribution in [2.24, 2.45) is 11.8 Å². The monoisotopic (exact) mass is 292 g/mol. The van der Waals surface area contributed by atoms with Crippen LogP contribution in [0.25, 0.3) is 0 Å². The molecule has 2 aliphatic rings. The van der Waals surface area contributed by atoms with Crippen LogP contribution in [0.15, 0.2) is 24.3 Å². The molecule has 4 atom stereocenters. The van der Waals surface area contributed by atoms with Crippen molar-refractivity contribution in [3.05, 3.63) is 24.3 Å². The number of aliphatic carboxylic acids is 1. The highest BCUT2D eigenvalue weighted by Gasteiger charge is 2.53. The van der Waals surface area contributed by atoms with Crippen LogP contribution in [0.5, 0.6) is 0 Å². The standard InChI is InChI=1S/C18H28O3/c1-2-10-14-13-16-18(21-16)15(14)11-8-6-4-3-5-7-9-12-17(19)20/h2,8,10-11,14-16,18H,3-7,9,12-13H2,1H3,(H,19,20)/b10-2+,11-8-/t14-,15+,16+,18-/m1/s1. The Morgan fingerprint density at radius 1 is 1.19 bits per heavy atom. The van der Waals surface area contributed by atoms with E-state index in [4.69, 9.17) is 9.84 Å². The smallest absolute Gasteiger partial charge is 0.303 e. The molecule has 0 radical (unpaired) electrons. The molecule has 0 amide bonds. The maximum Gasteiger partial charge on any atom is 0.303 e. The summed E-state index contributed by atoms with van der Waals surface area (Å²) in [5.41, 5.74) is 0. The van der Waals surface area contributed by atoms with Gasteiger partial charge in [0.1, 0.15) is 0 Å². The molecule has 118 valence electrons. The van der Waals surface area contributed by atoms with Crippen LogP contribution in [-0.2, 0) is 9.53 Å². The molecule has 2 rings (SSSR count). The molecule has 0 aromatic heterocycles. The second-order valence-electron chi connectivity index (χ2n) is 6.27. The molecule has 0 spiro atoms. The Morgan fingerprint density at radius 3 is 2.71 bits per heavy atom. The molecule has 1 saturated heterocycles. The summed E-state index contributed by atoms with van der Waals surface area (Å²) in [4.78, 5) is 10.4. The van der Waals surface area contributed by atoms with Gasteiger partial charge in [-0.1, -0.05) is 43.6 Å². The average Bonchev–Trinajstić information content (AvgIpc) is 3.12. The van der Waals surface area contributed by atoms with E-state index < -0.39 is 5.97 Å². The first-order chi connectivity index (χ1) is 10.2. The molecule has 2 fully saturated rings. The van der Waals surface area contributed by atoms with E-state index in [0.29, 0.717) is 30.5 Å². The third kappa shape index (κ3) is 5.31. The number of hydrogen-bond acceptors (Lipinski definition) is 2. The van der Waals surface area contributed by atoms with E-state index in [9.17, 15) is 4.79 Å². The van der Waals surface area contributed by atoms with Crippen LogP contribution in [0.1, 0.15) is 58.3 Å². The molecule has 3 nitrogen and oxygen atoms in total. The molecule has 3 heteroatoms. The molecule has 0 bridgehead atoms. The van der Waals surface area contributed by atoms with Gasteiger partial charge in [0.25, 0.3) is 0 Å². The Labute approximate surface area is 128 Å². The van der Waals surface area contributed by atoms with E-state index in [1.807, 2.05) is 0 Å². The van der Waals surface area contributed by atoms with Gasteiger partial charge < -0.3 is 9.84 Å². The highest BCUT2D eigenvalue weighted by atomic mass is 16.6. The van der Waals surface area contributed by atoms with Gasteiger partial charge in [0.2, 0.25) is 0 Å². The van der Waals surface area contributed by atoms with E-state index in [1.54, 1.807) is 0 Å². The Bertz CT molecular complexity index is 386. The first-order valence-corrected chi connectivity index (χ1v) is 8.39. The van der Waals surface area contributed by atoms with Crippen molar-refractivity contribution < 1.29 is 14.6 Å². The zero-order chi connectivity index (χ0) is 15.1. The van der Waals surface area contributed by atoms with Crippen molar-refractivity contribution in [2.75, 3.05) is 0 Å². The molecule has 1 saturated carbocycles. The van der Waals surface area contributed by atoms with E-state index in [2.05, 4.69) is 31.2 Å². The summed E-state index contributed by atoms with van der Waals surface area (Å²) in [6, 6.07) is 0. The van der Waals surface area contributed by atoms with E-state index in [0.717, 1.165) is 25.7 Å². The number of ether oxygens (including phenoxy) is 1. The SMILES string of the molecule is C/C=C/[C@@H]1C[C@@H]2O[C@@H]2[C@H]1/C=C\CCCCCCCC(=O)O. The van der Waals surface area contributed by atoms with Crippen LogP contribution >= 0.6 is 0 Å². The summed E-state index contributed by atoms with van der Waals surface area (Å²) in [7, 11) is 0. The van der Waals surface area contributed by atoms with Crippen molar-refractivity contribution in [3.8, 4) is 0 Å². The van der Waals surface area contributed by atoms with Crippen LogP contribution in [0.2, 0.25) is 0 Å². The number of carboxylic acids is 1. The minimum Gasteiger partial charge on any atom is -0.481 e. The summed E-state index contributed by atoms with van der Waals surface area (Å²) < 4.78 is 5.65. The maximum atomic E-state index is 10.4. The Hall–Kier alpha value is -1.09. The highest BCUT2D eigenvalue weighted by molar-refractivity contribution is 5.66. The summed E-state index contributed by atoms with van der Waals surface area (Å²) in [6.07, 6.45) is 18.2. The lowest BCUT2D eigenvalue weighted by Crippen LogP contribution is -2.10. The Kier molecular flexibility index (Phi) is 6.50. The topological polar surface area (TPSA) is 49.8 Å². The normalized spacial score (nSPS) is 31.1. The number of carbonyl (C=O) groups is 1. The van der Waals surface area contributed by atoms with Gasteiger partial charge in [-0.2, -0.15) is 0 Å².